The molecule has 1 N–H and O–H groups in total. The highest BCUT2D eigenvalue weighted by Gasteiger charge is 2.09. The molecule has 0 aliphatic heterocycles. The first kappa shape index (κ1) is 18.2. The number of rotatable bonds is 4. The summed E-state index contributed by atoms with van der Waals surface area (Å²) in [4.78, 5) is 21.5. The van der Waals surface area contributed by atoms with E-state index in [1.807, 2.05) is 18.2 Å². The Morgan fingerprint density at radius 1 is 1.14 bits per heavy atom. The number of nitrogens with one attached hydrogen (secondary N) is 1. The van der Waals surface area contributed by atoms with E-state index in [-0.39, 0.29) is 11.4 Å². The van der Waals surface area contributed by atoms with Crippen LogP contribution < -0.4 is 5.56 Å². The molecule has 2 aromatic carbocycles. The van der Waals surface area contributed by atoms with E-state index in [4.69, 9.17) is 0 Å². The van der Waals surface area contributed by atoms with E-state index < -0.39 is 0 Å². The van der Waals surface area contributed by atoms with Gasteiger partial charge in [0.1, 0.15) is 6.07 Å². The number of thiophene rings is 1. The van der Waals surface area contributed by atoms with Crippen molar-refractivity contribution < 1.29 is 0 Å². The lowest BCUT2D eigenvalue weighted by Gasteiger charge is -2.01. The lowest BCUT2D eigenvalue weighted by molar-refractivity contribution is 1.13. The number of nitriles is 1. The summed E-state index contributed by atoms with van der Waals surface area (Å²) >= 11 is 3.28. The number of allylic oxidation sites excluding steroid dienone is 1. The predicted octanol–water partition coefficient (Wildman–Crippen LogP) is 5.51. The zero-order chi connectivity index (χ0) is 19.5. The predicted molar refractivity (Wildman–Crippen MR) is 115 cm³/mol. The van der Waals surface area contributed by atoms with Gasteiger partial charge in [0.25, 0.3) is 5.56 Å². The van der Waals surface area contributed by atoms with Crippen LogP contribution in [0.3, 0.4) is 0 Å². The molecule has 4 aromatic rings. The highest BCUT2D eigenvalue weighted by molar-refractivity contribution is 8.01. The molecule has 2 heterocycles. The molecule has 0 atom stereocenters. The van der Waals surface area contributed by atoms with Gasteiger partial charge in [-0.3, -0.25) is 4.79 Å². The summed E-state index contributed by atoms with van der Waals surface area (Å²) in [5, 5.41) is 10.1. The van der Waals surface area contributed by atoms with Crippen LogP contribution >= 0.6 is 23.1 Å². The van der Waals surface area contributed by atoms with E-state index in [1.54, 1.807) is 47.4 Å². The van der Waals surface area contributed by atoms with Gasteiger partial charge >= 0.3 is 0 Å². The van der Waals surface area contributed by atoms with Crippen molar-refractivity contribution in [3.05, 3.63) is 87.3 Å². The number of aromatic nitrogens is 2. The van der Waals surface area contributed by atoms with Crippen molar-refractivity contribution >= 4 is 45.7 Å². The standard InChI is InChI=1S/C22H15N3OS2/c1-14-6-8-16(9-7-14)27-20-11-10-17(28-20)12-15(13-23)21-24-19-5-3-2-4-18(19)22(26)25-21/h2-12H,1H3,(H,24,25,26). The van der Waals surface area contributed by atoms with Crippen molar-refractivity contribution in [2.45, 2.75) is 16.0 Å². The Labute approximate surface area is 170 Å². The van der Waals surface area contributed by atoms with E-state index in [0.717, 1.165) is 9.09 Å². The van der Waals surface area contributed by atoms with Crippen LogP contribution in [-0.4, -0.2) is 9.97 Å². The van der Waals surface area contributed by atoms with Crippen LogP contribution in [0.1, 0.15) is 16.3 Å². The zero-order valence-electron chi connectivity index (χ0n) is 15.0. The number of H-pyrrole nitrogens is 1. The van der Waals surface area contributed by atoms with Gasteiger partial charge in [-0.05, 0) is 49.4 Å². The SMILES string of the molecule is Cc1ccc(Sc2ccc(C=C(C#N)c3nc4ccccc4c(=O)[nH]3)s2)cc1. The molecule has 6 heteroatoms. The fraction of sp³-hybridized carbons (Fsp3) is 0.0455. The van der Waals surface area contributed by atoms with Crippen molar-refractivity contribution in [3.8, 4) is 6.07 Å². The quantitative estimate of drug-likeness (QED) is 0.458. The second-order valence-electron chi connectivity index (χ2n) is 6.17. The average molecular weight is 402 g/mol. The van der Waals surface area contributed by atoms with Crippen molar-refractivity contribution in [2.24, 2.45) is 0 Å². The Morgan fingerprint density at radius 2 is 1.93 bits per heavy atom. The third kappa shape index (κ3) is 3.91. The van der Waals surface area contributed by atoms with Gasteiger partial charge in [0.2, 0.25) is 0 Å². The number of benzene rings is 2. The van der Waals surface area contributed by atoms with Crippen molar-refractivity contribution in [3.63, 3.8) is 0 Å². The lowest BCUT2D eigenvalue weighted by Crippen LogP contribution is -2.11. The average Bonchev–Trinajstić information content (AvgIpc) is 3.15. The molecule has 0 unspecified atom stereocenters. The lowest BCUT2D eigenvalue weighted by atomic mass is 10.2. The molecular weight excluding hydrogens is 386 g/mol. The molecule has 0 fully saturated rings. The third-order valence-corrected chi connectivity index (χ3v) is 6.29. The minimum atomic E-state index is -0.247. The maximum Gasteiger partial charge on any atom is 0.259 e. The Bertz CT molecular complexity index is 1280. The molecule has 28 heavy (non-hydrogen) atoms. The van der Waals surface area contributed by atoms with Gasteiger partial charge in [-0.25, -0.2) is 4.98 Å². The van der Waals surface area contributed by atoms with Crippen LogP contribution in [0.25, 0.3) is 22.6 Å². The van der Waals surface area contributed by atoms with Gasteiger partial charge in [-0.15, -0.1) is 11.3 Å². The summed E-state index contributed by atoms with van der Waals surface area (Å²) in [6, 6.07) is 21.6. The first-order chi connectivity index (χ1) is 13.6. The van der Waals surface area contributed by atoms with Crippen LogP contribution in [0.15, 0.2) is 74.6 Å². The molecule has 136 valence electrons. The number of para-hydroxylation sites is 1. The number of nitrogens with zero attached hydrogens (tertiary/aromatic N) is 2. The first-order valence-electron chi connectivity index (χ1n) is 8.58. The Kier molecular flexibility index (Phi) is 5.11. The molecule has 0 saturated heterocycles. The fourth-order valence-corrected chi connectivity index (χ4v) is 4.76. The van der Waals surface area contributed by atoms with Crippen LogP contribution in [-0.2, 0) is 0 Å². The van der Waals surface area contributed by atoms with Crippen LogP contribution in [0.5, 0.6) is 0 Å². The molecule has 4 rings (SSSR count). The van der Waals surface area contributed by atoms with Crippen molar-refractivity contribution in [2.75, 3.05) is 0 Å². The summed E-state index contributed by atoms with van der Waals surface area (Å²) in [5.41, 5.74) is 1.89. The number of hydrogen-bond donors (Lipinski definition) is 1. The molecule has 2 aromatic heterocycles. The minimum Gasteiger partial charge on any atom is -0.305 e. The second kappa shape index (κ2) is 7.85. The summed E-state index contributed by atoms with van der Waals surface area (Å²) in [7, 11) is 0. The smallest absolute Gasteiger partial charge is 0.259 e. The minimum absolute atomic E-state index is 0.247. The summed E-state index contributed by atoms with van der Waals surface area (Å²) in [5.74, 6) is 0.285. The first-order valence-corrected chi connectivity index (χ1v) is 10.2. The number of aromatic amines is 1. The van der Waals surface area contributed by atoms with Crippen LogP contribution in [0.2, 0.25) is 0 Å². The van der Waals surface area contributed by atoms with Gasteiger partial charge in [-0.2, -0.15) is 5.26 Å². The molecule has 0 aliphatic rings. The molecule has 0 bridgehead atoms. The van der Waals surface area contributed by atoms with Gasteiger partial charge in [0.05, 0.1) is 20.7 Å². The van der Waals surface area contributed by atoms with E-state index in [9.17, 15) is 10.1 Å². The van der Waals surface area contributed by atoms with E-state index in [2.05, 4.69) is 47.2 Å². The monoisotopic (exact) mass is 401 g/mol. The summed E-state index contributed by atoms with van der Waals surface area (Å²) in [6.07, 6.45) is 1.76. The van der Waals surface area contributed by atoms with E-state index in [1.165, 1.54) is 10.5 Å². The number of hydrogen-bond acceptors (Lipinski definition) is 5. The Balaban J connectivity index is 1.64. The van der Waals surface area contributed by atoms with Gasteiger partial charge in [-0.1, -0.05) is 41.6 Å². The normalized spacial score (nSPS) is 11.5. The maximum atomic E-state index is 12.3. The highest BCUT2D eigenvalue weighted by atomic mass is 32.2. The Hall–Kier alpha value is -3.14. The van der Waals surface area contributed by atoms with Crippen molar-refractivity contribution in [1.82, 2.24) is 9.97 Å². The van der Waals surface area contributed by atoms with E-state index in [0.29, 0.717) is 16.5 Å². The van der Waals surface area contributed by atoms with Crippen LogP contribution in [0, 0.1) is 18.3 Å². The molecule has 0 saturated carbocycles. The highest BCUT2D eigenvalue weighted by Crippen LogP contribution is 2.34. The topological polar surface area (TPSA) is 69.5 Å². The summed E-state index contributed by atoms with van der Waals surface area (Å²) < 4.78 is 1.13. The number of aryl methyl sites for hydroxylation is 1. The fourth-order valence-electron chi connectivity index (χ4n) is 2.70. The third-order valence-electron chi connectivity index (χ3n) is 4.12. The maximum absolute atomic E-state index is 12.3. The molecule has 0 spiro atoms. The van der Waals surface area contributed by atoms with Gasteiger partial charge < -0.3 is 4.98 Å². The summed E-state index contributed by atoms with van der Waals surface area (Å²) in [6.45, 7) is 2.07. The molecule has 0 radical (unpaired) electrons. The van der Waals surface area contributed by atoms with Gasteiger partial charge in [0.15, 0.2) is 5.82 Å². The van der Waals surface area contributed by atoms with Crippen LogP contribution in [0.4, 0.5) is 0 Å². The zero-order valence-corrected chi connectivity index (χ0v) is 16.6. The number of fused-ring (bicyclic) bond motifs is 1. The van der Waals surface area contributed by atoms with Crippen molar-refractivity contribution in [1.29, 1.82) is 5.26 Å². The van der Waals surface area contributed by atoms with Gasteiger partial charge in [0, 0.05) is 9.77 Å². The second-order valence-corrected chi connectivity index (χ2v) is 8.66. The largest absolute Gasteiger partial charge is 0.305 e. The molecule has 4 nitrogen and oxygen atoms in total. The van der Waals surface area contributed by atoms with E-state index >= 15 is 0 Å². The Morgan fingerprint density at radius 3 is 2.71 bits per heavy atom. The molecular formula is C22H15N3OS2. The molecule has 0 aliphatic carbocycles. The molecule has 0 amide bonds.